The second-order valence-corrected chi connectivity index (χ2v) is 9.60. The fourth-order valence-corrected chi connectivity index (χ4v) is 5.50. The van der Waals surface area contributed by atoms with Crippen molar-refractivity contribution in [1.82, 2.24) is 0 Å². The number of furan rings is 1. The monoisotopic (exact) mass is 422 g/mol. The summed E-state index contributed by atoms with van der Waals surface area (Å²) in [5.74, 6) is 1.83. The summed E-state index contributed by atoms with van der Waals surface area (Å²) in [6.07, 6.45) is 0.390. The van der Waals surface area contributed by atoms with Gasteiger partial charge < -0.3 is 24.1 Å². The number of aliphatic hydroxyl groups is 2. The highest BCUT2D eigenvalue weighted by molar-refractivity contribution is 5.89. The number of aliphatic hydroxyl groups excluding tert-OH is 2. The molecule has 4 unspecified atom stereocenters. The molecule has 3 aromatic rings. The van der Waals surface area contributed by atoms with E-state index in [1.807, 2.05) is 51.1 Å². The Morgan fingerprint density at radius 1 is 1.06 bits per heavy atom. The first-order valence-electron chi connectivity index (χ1n) is 11.0. The van der Waals surface area contributed by atoms with Crippen molar-refractivity contribution in [2.24, 2.45) is 11.3 Å². The summed E-state index contributed by atoms with van der Waals surface area (Å²) >= 11 is 0. The molecule has 0 bridgehead atoms. The zero-order valence-corrected chi connectivity index (χ0v) is 18.5. The number of benzene rings is 2. The molecule has 5 nitrogen and oxygen atoms in total. The molecule has 0 spiro atoms. The maximum atomic E-state index is 11.0. The predicted octanol–water partition coefficient (Wildman–Crippen LogP) is 4.99. The van der Waals surface area contributed by atoms with E-state index in [0.717, 1.165) is 40.9 Å². The third kappa shape index (κ3) is 3.06. The van der Waals surface area contributed by atoms with Gasteiger partial charge in [0.15, 0.2) is 0 Å². The smallest absolute Gasteiger partial charge is 0.141 e. The summed E-state index contributed by atoms with van der Waals surface area (Å²) in [5.41, 5.74) is 2.28. The van der Waals surface area contributed by atoms with Gasteiger partial charge in [0.05, 0.1) is 24.7 Å². The Morgan fingerprint density at radius 3 is 2.45 bits per heavy atom. The minimum Gasteiger partial charge on any atom is -0.496 e. The molecule has 0 saturated heterocycles. The van der Waals surface area contributed by atoms with E-state index in [1.165, 1.54) is 0 Å². The molecule has 31 heavy (non-hydrogen) atoms. The van der Waals surface area contributed by atoms with E-state index in [1.54, 1.807) is 7.11 Å². The second-order valence-electron chi connectivity index (χ2n) is 9.60. The molecule has 164 valence electrons. The maximum absolute atomic E-state index is 11.0. The summed E-state index contributed by atoms with van der Waals surface area (Å²) in [7, 11) is 1.66. The molecule has 2 aromatic carbocycles. The van der Waals surface area contributed by atoms with Crippen LogP contribution in [-0.4, -0.2) is 29.5 Å². The van der Waals surface area contributed by atoms with Crippen molar-refractivity contribution >= 4 is 11.0 Å². The van der Waals surface area contributed by atoms with E-state index in [0.29, 0.717) is 11.3 Å². The largest absolute Gasteiger partial charge is 0.496 e. The Balaban J connectivity index is 1.60. The normalized spacial score (nSPS) is 29.5. The van der Waals surface area contributed by atoms with Gasteiger partial charge in [0.25, 0.3) is 0 Å². The lowest BCUT2D eigenvalue weighted by Gasteiger charge is -2.28. The molecule has 5 heteroatoms. The van der Waals surface area contributed by atoms with Crippen LogP contribution in [0.4, 0.5) is 0 Å². The topological polar surface area (TPSA) is 72.1 Å². The highest BCUT2D eigenvalue weighted by Crippen LogP contribution is 2.52. The van der Waals surface area contributed by atoms with E-state index in [4.69, 9.17) is 13.9 Å². The Morgan fingerprint density at radius 2 is 1.81 bits per heavy atom. The molecule has 1 fully saturated rings. The quantitative estimate of drug-likeness (QED) is 0.622. The number of ether oxygens (including phenoxy) is 2. The van der Waals surface area contributed by atoms with Crippen LogP contribution in [0.1, 0.15) is 56.1 Å². The van der Waals surface area contributed by atoms with Crippen molar-refractivity contribution in [3.8, 4) is 11.5 Å². The molecule has 1 saturated carbocycles. The van der Waals surface area contributed by atoms with E-state index >= 15 is 0 Å². The average Bonchev–Trinajstić information content (AvgIpc) is 3.27. The van der Waals surface area contributed by atoms with Gasteiger partial charge in [-0.1, -0.05) is 51.1 Å². The Labute approximate surface area is 182 Å². The Hall–Kier alpha value is -2.50. The maximum Gasteiger partial charge on any atom is 0.141 e. The minimum atomic E-state index is -0.700. The zero-order valence-electron chi connectivity index (χ0n) is 18.5. The van der Waals surface area contributed by atoms with E-state index in [-0.39, 0.29) is 17.9 Å². The standard InChI is InChI=1S/C26H30O5/c1-14-22(25(28)26(2,3)24(14)27)21-12-17-20(30-21)13-19(29-4)16-10-11-18(31-23(16)17)15-8-6-5-7-9-15/h5-9,12-14,18,22,24-25,27-28H,10-11H2,1-4H3/t14?,18-,22?,24?,25?/m0/s1. The summed E-state index contributed by atoms with van der Waals surface area (Å²) < 4.78 is 18.4. The third-order valence-electron chi connectivity index (χ3n) is 7.42. The van der Waals surface area contributed by atoms with Crippen molar-refractivity contribution < 1.29 is 24.1 Å². The SMILES string of the molecule is COc1cc2oc(C3C(C)C(O)C(C)(C)C3O)cc2c2c1CC[C@@H](c1ccccc1)O2. The first kappa shape index (κ1) is 20.4. The second kappa shape index (κ2) is 7.28. The molecule has 1 aromatic heterocycles. The lowest BCUT2D eigenvalue weighted by Crippen LogP contribution is -2.34. The molecular weight excluding hydrogens is 392 g/mol. The molecule has 1 aliphatic carbocycles. The molecule has 5 atom stereocenters. The fraction of sp³-hybridized carbons (Fsp3) is 0.462. The molecular formula is C26H30O5. The molecule has 0 radical (unpaired) electrons. The van der Waals surface area contributed by atoms with Gasteiger partial charge in [-0.25, -0.2) is 0 Å². The van der Waals surface area contributed by atoms with Crippen molar-refractivity contribution in [3.05, 3.63) is 59.4 Å². The molecule has 1 aliphatic heterocycles. The van der Waals surface area contributed by atoms with Crippen LogP contribution in [0.25, 0.3) is 11.0 Å². The first-order chi connectivity index (χ1) is 14.8. The van der Waals surface area contributed by atoms with Crippen LogP contribution in [0.2, 0.25) is 0 Å². The van der Waals surface area contributed by atoms with Gasteiger partial charge in [-0.15, -0.1) is 0 Å². The third-order valence-corrected chi connectivity index (χ3v) is 7.42. The average molecular weight is 423 g/mol. The van der Waals surface area contributed by atoms with Gasteiger partial charge in [-0.2, -0.15) is 0 Å². The van der Waals surface area contributed by atoms with Gasteiger partial charge in [0, 0.05) is 23.0 Å². The van der Waals surface area contributed by atoms with E-state index in [9.17, 15) is 10.2 Å². The highest BCUT2D eigenvalue weighted by Gasteiger charge is 2.54. The number of hydrogen-bond acceptors (Lipinski definition) is 5. The Bertz CT molecular complexity index is 1100. The molecule has 0 amide bonds. The zero-order chi connectivity index (χ0) is 21.9. The molecule has 2 aliphatic rings. The van der Waals surface area contributed by atoms with Gasteiger partial charge in [0.2, 0.25) is 0 Å². The predicted molar refractivity (Wildman–Crippen MR) is 119 cm³/mol. The summed E-state index contributed by atoms with van der Waals surface area (Å²) in [6, 6.07) is 14.1. The van der Waals surface area contributed by atoms with Gasteiger partial charge in [0.1, 0.15) is 28.9 Å². The van der Waals surface area contributed by atoms with Crippen molar-refractivity contribution in [2.45, 2.75) is 57.8 Å². The Kier molecular flexibility index (Phi) is 4.79. The van der Waals surface area contributed by atoms with E-state index < -0.39 is 17.6 Å². The first-order valence-corrected chi connectivity index (χ1v) is 11.0. The lowest BCUT2D eigenvalue weighted by atomic mass is 9.85. The van der Waals surface area contributed by atoms with Crippen LogP contribution >= 0.6 is 0 Å². The van der Waals surface area contributed by atoms with Crippen LogP contribution < -0.4 is 9.47 Å². The minimum absolute atomic E-state index is 0.0286. The summed E-state index contributed by atoms with van der Waals surface area (Å²) in [4.78, 5) is 0. The fourth-order valence-electron chi connectivity index (χ4n) is 5.50. The highest BCUT2D eigenvalue weighted by atomic mass is 16.5. The summed E-state index contributed by atoms with van der Waals surface area (Å²) in [6.45, 7) is 5.78. The number of rotatable bonds is 3. The van der Waals surface area contributed by atoms with Crippen LogP contribution in [0.5, 0.6) is 11.5 Å². The van der Waals surface area contributed by atoms with Crippen LogP contribution in [0, 0.1) is 11.3 Å². The number of fused-ring (bicyclic) bond motifs is 3. The van der Waals surface area contributed by atoms with Crippen molar-refractivity contribution in [2.75, 3.05) is 7.11 Å². The van der Waals surface area contributed by atoms with Gasteiger partial charge in [-0.05, 0) is 30.4 Å². The molecule has 2 heterocycles. The lowest BCUT2D eigenvalue weighted by molar-refractivity contribution is -0.00720. The number of methoxy groups -OCH3 is 1. The molecule has 5 rings (SSSR count). The van der Waals surface area contributed by atoms with Gasteiger partial charge in [-0.3, -0.25) is 0 Å². The van der Waals surface area contributed by atoms with Crippen LogP contribution in [0.3, 0.4) is 0 Å². The van der Waals surface area contributed by atoms with Crippen LogP contribution in [0.15, 0.2) is 46.9 Å². The summed E-state index contributed by atoms with van der Waals surface area (Å²) in [5, 5.41) is 22.6. The van der Waals surface area contributed by atoms with E-state index in [2.05, 4.69) is 12.1 Å². The number of hydrogen-bond donors (Lipinski definition) is 2. The molecule has 2 N–H and O–H groups in total. The van der Waals surface area contributed by atoms with Crippen molar-refractivity contribution in [3.63, 3.8) is 0 Å². The van der Waals surface area contributed by atoms with Crippen LogP contribution in [-0.2, 0) is 6.42 Å². The van der Waals surface area contributed by atoms with Crippen molar-refractivity contribution in [1.29, 1.82) is 0 Å². The van der Waals surface area contributed by atoms with Gasteiger partial charge >= 0.3 is 0 Å².